The molecule has 156 valence electrons. The number of nitrogens with zero attached hydrogens (tertiary/aromatic N) is 2. The van der Waals surface area contributed by atoms with E-state index >= 15 is 0 Å². The molecule has 1 heterocycles. The lowest BCUT2D eigenvalue weighted by molar-refractivity contribution is 0.275. The summed E-state index contributed by atoms with van der Waals surface area (Å²) in [4.78, 5) is 0. The molecule has 29 heavy (non-hydrogen) atoms. The molecule has 0 spiro atoms. The minimum atomic E-state index is -0.870. The van der Waals surface area contributed by atoms with E-state index in [2.05, 4.69) is 94.5 Å². The van der Waals surface area contributed by atoms with Crippen LogP contribution in [0.1, 0.15) is 37.1 Å². The Hall–Kier alpha value is -1.56. The lowest BCUT2D eigenvalue weighted by atomic mass is 10.1. The van der Waals surface area contributed by atoms with Crippen molar-refractivity contribution in [3.8, 4) is 0 Å². The van der Waals surface area contributed by atoms with Crippen LogP contribution in [0.2, 0.25) is 0 Å². The molecule has 0 amide bonds. The highest BCUT2D eigenvalue weighted by molar-refractivity contribution is 7.80. The zero-order chi connectivity index (χ0) is 20.6. The molecule has 1 aliphatic rings. The number of hydrogen-bond donors (Lipinski definition) is 2. The van der Waals surface area contributed by atoms with Crippen LogP contribution in [0.3, 0.4) is 0 Å². The third-order valence-electron chi connectivity index (χ3n) is 5.28. The first-order valence-corrected chi connectivity index (χ1v) is 11.7. The maximum absolute atomic E-state index is 6.48. The van der Waals surface area contributed by atoms with Gasteiger partial charge in [0.2, 0.25) is 0 Å². The zero-order valence-corrected chi connectivity index (χ0v) is 19.1. The highest BCUT2D eigenvalue weighted by atomic mass is 32.1. The summed E-state index contributed by atoms with van der Waals surface area (Å²) in [6.45, 7) is 7.87. The summed E-state index contributed by atoms with van der Waals surface area (Å²) in [5.74, 6) is 0. The summed E-state index contributed by atoms with van der Waals surface area (Å²) >= 11 is 5.17. The van der Waals surface area contributed by atoms with Gasteiger partial charge in [0.25, 0.3) is 0 Å². The first-order valence-electron chi connectivity index (χ1n) is 10.1. The molecule has 1 aliphatic heterocycles. The fourth-order valence-corrected chi connectivity index (χ4v) is 5.87. The summed E-state index contributed by atoms with van der Waals surface area (Å²) in [6.07, 6.45) is 0. The Morgan fingerprint density at radius 1 is 0.966 bits per heavy atom. The molecular formula is C22H31N4OPS. The van der Waals surface area contributed by atoms with Crippen molar-refractivity contribution >= 4 is 25.8 Å². The largest absolute Gasteiger partial charge is 0.366 e. The summed E-state index contributed by atoms with van der Waals surface area (Å²) in [5.41, 5.74) is 2.65. The minimum Gasteiger partial charge on any atom is -0.366 e. The van der Waals surface area contributed by atoms with Crippen molar-refractivity contribution in [3.63, 3.8) is 0 Å². The topological polar surface area (TPSA) is 39.8 Å². The van der Waals surface area contributed by atoms with Crippen molar-refractivity contribution in [1.82, 2.24) is 20.0 Å². The van der Waals surface area contributed by atoms with Gasteiger partial charge >= 0.3 is 0 Å². The maximum atomic E-state index is 6.48. The quantitative estimate of drug-likeness (QED) is 0.366. The van der Waals surface area contributed by atoms with Crippen molar-refractivity contribution in [3.05, 3.63) is 71.8 Å². The molecule has 2 unspecified atom stereocenters. The Bertz CT molecular complexity index is 710. The van der Waals surface area contributed by atoms with Crippen molar-refractivity contribution < 1.29 is 4.52 Å². The predicted octanol–water partition coefficient (Wildman–Crippen LogP) is 4.46. The summed E-state index contributed by atoms with van der Waals surface area (Å²) < 4.78 is 11.5. The first kappa shape index (κ1) is 22.1. The van der Waals surface area contributed by atoms with Gasteiger partial charge in [0.05, 0.1) is 6.61 Å². The highest BCUT2D eigenvalue weighted by Crippen LogP contribution is 2.56. The predicted molar refractivity (Wildman–Crippen MR) is 126 cm³/mol. The van der Waals surface area contributed by atoms with E-state index in [0.717, 1.165) is 13.1 Å². The van der Waals surface area contributed by atoms with Crippen molar-refractivity contribution in [1.29, 1.82) is 0 Å². The lowest BCUT2D eigenvalue weighted by Gasteiger charge is -2.35. The molecule has 0 saturated carbocycles. The molecule has 5 nitrogen and oxygen atoms in total. The van der Waals surface area contributed by atoms with Crippen LogP contribution >= 0.6 is 20.7 Å². The van der Waals surface area contributed by atoms with Gasteiger partial charge in [0.1, 0.15) is 0 Å². The van der Waals surface area contributed by atoms with Crippen LogP contribution in [-0.2, 0) is 4.52 Å². The highest BCUT2D eigenvalue weighted by Gasteiger charge is 2.39. The van der Waals surface area contributed by atoms with Crippen LogP contribution in [-0.4, -0.2) is 47.7 Å². The Kier molecular flexibility index (Phi) is 8.40. The number of hydrogen-bond acceptors (Lipinski definition) is 4. The number of rotatable bonds is 8. The molecule has 0 radical (unpaired) electrons. The monoisotopic (exact) mass is 430 g/mol. The fourth-order valence-electron chi connectivity index (χ4n) is 3.54. The van der Waals surface area contributed by atoms with E-state index < -0.39 is 8.45 Å². The molecule has 1 saturated heterocycles. The molecule has 2 aromatic rings. The van der Waals surface area contributed by atoms with Crippen molar-refractivity contribution in [2.45, 2.75) is 25.9 Å². The van der Waals surface area contributed by atoms with Gasteiger partial charge in [-0.15, -0.1) is 0 Å². The van der Waals surface area contributed by atoms with Crippen LogP contribution in [0.5, 0.6) is 0 Å². The summed E-state index contributed by atoms with van der Waals surface area (Å²) in [5, 5.41) is 6.77. The second kappa shape index (κ2) is 11.0. The Morgan fingerprint density at radius 2 is 1.45 bits per heavy atom. The summed E-state index contributed by atoms with van der Waals surface area (Å²) in [7, 11) is 0.953. The smallest absolute Gasteiger partial charge is 0.189 e. The molecule has 7 heteroatoms. The van der Waals surface area contributed by atoms with Gasteiger partial charge in [-0.05, 0) is 37.2 Å². The van der Waals surface area contributed by atoms with E-state index in [4.69, 9.17) is 16.7 Å². The van der Waals surface area contributed by atoms with Gasteiger partial charge in [0, 0.05) is 38.8 Å². The van der Waals surface area contributed by atoms with Crippen LogP contribution in [0.25, 0.3) is 0 Å². The van der Waals surface area contributed by atoms with E-state index in [0.29, 0.717) is 30.3 Å². The summed E-state index contributed by atoms with van der Waals surface area (Å²) in [6, 6.07) is 22.0. The SMILES string of the molecule is CNC(=S)NCCOP1N(C(C)c2ccccc2)CCN1C(C)c1ccccc1. The average molecular weight is 431 g/mol. The van der Waals surface area contributed by atoms with E-state index in [1.807, 2.05) is 7.05 Å². The van der Waals surface area contributed by atoms with Crippen LogP contribution < -0.4 is 10.6 Å². The van der Waals surface area contributed by atoms with E-state index in [-0.39, 0.29) is 0 Å². The second-order valence-corrected chi connectivity index (χ2v) is 9.29. The Labute approximate surface area is 181 Å². The molecule has 1 fully saturated rings. The number of benzene rings is 2. The average Bonchev–Trinajstić information content (AvgIpc) is 3.20. The van der Waals surface area contributed by atoms with Crippen molar-refractivity contribution in [2.75, 3.05) is 33.3 Å². The van der Waals surface area contributed by atoms with E-state index in [1.165, 1.54) is 11.1 Å². The second-order valence-electron chi connectivity index (χ2n) is 7.09. The normalized spacial score (nSPS) is 19.6. The molecule has 2 atom stereocenters. The van der Waals surface area contributed by atoms with Gasteiger partial charge in [0.15, 0.2) is 13.6 Å². The maximum Gasteiger partial charge on any atom is 0.189 e. The molecule has 0 aromatic heterocycles. The molecule has 0 bridgehead atoms. The number of thiocarbonyl (C=S) groups is 1. The van der Waals surface area contributed by atoms with Crippen LogP contribution in [0.4, 0.5) is 0 Å². The number of nitrogens with one attached hydrogen (secondary N) is 2. The van der Waals surface area contributed by atoms with Gasteiger partial charge in [-0.3, -0.25) is 0 Å². The lowest BCUT2D eigenvalue weighted by Crippen LogP contribution is -2.35. The van der Waals surface area contributed by atoms with Gasteiger partial charge in [-0.1, -0.05) is 60.7 Å². The third-order valence-corrected chi connectivity index (χ3v) is 8.01. The van der Waals surface area contributed by atoms with Gasteiger partial charge in [-0.2, -0.15) is 0 Å². The van der Waals surface area contributed by atoms with Gasteiger partial charge in [-0.25, -0.2) is 9.34 Å². The molecule has 2 aromatic carbocycles. The standard InChI is InChI=1S/C22H31N4OPS/c1-18(20-10-6-4-7-11-20)25-15-16-26(19(2)21-12-8-5-9-13-21)28(25)27-17-14-24-22(29)23-3/h4-13,18-19H,14-17H2,1-3H3,(H2,23,24,29). The van der Waals surface area contributed by atoms with Crippen LogP contribution in [0.15, 0.2) is 60.7 Å². The minimum absolute atomic E-state index is 0.307. The molecular weight excluding hydrogens is 399 g/mol. The molecule has 3 rings (SSSR count). The van der Waals surface area contributed by atoms with E-state index in [1.54, 1.807) is 0 Å². The van der Waals surface area contributed by atoms with Gasteiger partial charge < -0.3 is 15.2 Å². The van der Waals surface area contributed by atoms with Crippen molar-refractivity contribution in [2.24, 2.45) is 0 Å². The third kappa shape index (κ3) is 5.74. The first-order chi connectivity index (χ1) is 14.1. The van der Waals surface area contributed by atoms with Crippen LogP contribution in [0, 0.1) is 0 Å². The molecule has 0 aliphatic carbocycles. The molecule has 2 N–H and O–H groups in total. The van der Waals surface area contributed by atoms with E-state index in [9.17, 15) is 0 Å². The Morgan fingerprint density at radius 3 is 1.90 bits per heavy atom. The fraction of sp³-hybridized carbons (Fsp3) is 0.409. The Balaban J connectivity index is 1.73. The zero-order valence-electron chi connectivity index (χ0n) is 17.4.